The molecular weight excluding hydrogens is 348 g/mol. The van der Waals surface area contributed by atoms with Gasteiger partial charge >= 0.3 is 0 Å². The van der Waals surface area contributed by atoms with Crippen molar-refractivity contribution < 1.29 is 0 Å². The highest BCUT2D eigenvalue weighted by Crippen LogP contribution is 2.19. The largest absolute Gasteiger partial charge is 0.0885 e. The molecule has 0 bridgehead atoms. The molecule has 0 aromatic carbocycles. The van der Waals surface area contributed by atoms with Crippen LogP contribution >= 0.6 is 0 Å². The molecule has 0 amide bonds. The van der Waals surface area contributed by atoms with Gasteiger partial charge in [-0.1, -0.05) is 162 Å². The van der Waals surface area contributed by atoms with Crippen molar-refractivity contribution in [3.05, 3.63) is 12.2 Å². The van der Waals surface area contributed by atoms with Crippen molar-refractivity contribution in [3.8, 4) is 0 Å². The molecule has 2 unspecified atom stereocenters. The van der Waals surface area contributed by atoms with E-state index < -0.39 is 0 Å². The molecule has 0 aliphatic heterocycles. The van der Waals surface area contributed by atoms with E-state index >= 15 is 0 Å². The van der Waals surface area contributed by atoms with E-state index in [0.717, 1.165) is 11.8 Å². The van der Waals surface area contributed by atoms with Gasteiger partial charge in [0, 0.05) is 0 Å². The van der Waals surface area contributed by atoms with Crippen LogP contribution in [0.1, 0.15) is 163 Å². The molecule has 0 N–H and O–H groups in total. The Hall–Kier alpha value is -0.260. The summed E-state index contributed by atoms with van der Waals surface area (Å²) in [5, 5.41) is 0. The molecule has 0 heterocycles. The van der Waals surface area contributed by atoms with E-state index in [1.165, 1.54) is 135 Å². The highest BCUT2D eigenvalue weighted by Gasteiger charge is 2.03. The van der Waals surface area contributed by atoms with Crippen LogP contribution in [0.2, 0.25) is 0 Å². The van der Waals surface area contributed by atoms with Gasteiger partial charge in [0.25, 0.3) is 0 Å². The number of allylic oxidation sites excluding steroid dienone is 2. The van der Waals surface area contributed by atoms with Gasteiger partial charge in [-0.25, -0.2) is 0 Å². The summed E-state index contributed by atoms with van der Waals surface area (Å²) < 4.78 is 0. The minimum absolute atomic E-state index is 0.880. The number of hydrogen-bond donors (Lipinski definition) is 0. The Morgan fingerprint density at radius 3 is 1.31 bits per heavy atom. The second-order valence-corrected chi connectivity index (χ2v) is 10.0. The van der Waals surface area contributed by atoms with Crippen LogP contribution in [0.5, 0.6) is 0 Å². The first-order valence-corrected chi connectivity index (χ1v) is 13.9. The highest BCUT2D eigenvalue weighted by molar-refractivity contribution is 4.82. The SMILES string of the molecule is CCC/C=C/CC(C)CCCCCCCCC(C)CCCCCCCCCCC. The van der Waals surface area contributed by atoms with E-state index in [1.54, 1.807) is 0 Å². The van der Waals surface area contributed by atoms with E-state index in [9.17, 15) is 0 Å². The maximum absolute atomic E-state index is 2.49. The smallest absolute Gasteiger partial charge is 0.0325 e. The molecule has 0 fully saturated rings. The fourth-order valence-corrected chi connectivity index (χ4v) is 4.37. The van der Waals surface area contributed by atoms with Crippen molar-refractivity contribution in [3.63, 3.8) is 0 Å². The predicted octanol–water partition coefficient (Wildman–Crippen LogP) is 11.0. The van der Waals surface area contributed by atoms with Gasteiger partial charge in [0.2, 0.25) is 0 Å². The van der Waals surface area contributed by atoms with Crippen molar-refractivity contribution in [2.45, 2.75) is 163 Å². The third-order valence-corrected chi connectivity index (χ3v) is 6.60. The Bertz CT molecular complexity index is 316. The molecule has 0 aliphatic rings. The minimum atomic E-state index is 0.880. The maximum Gasteiger partial charge on any atom is -0.0325 e. The normalized spacial score (nSPS) is 13.9. The lowest BCUT2D eigenvalue weighted by atomic mass is 9.95. The topological polar surface area (TPSA) is 0 Å². The molecule has 0 rings (SSSR count). The fourth-order valence-electron chi connectivity index (χ4n) is 4.37. The maximum atomic E-state index is 2.49. The standard InChI is InChI=1S/C29H58/c1-5-7-9-11-12-13-14-17-21-26-29(4)27-23-19-16-15-18-22-25-28(3)24-20-10-8-6-2/h10,20,28-29H,5-9,11-19,21-27H2,1-4H3/b20-10+. The Morgan fingerprint density at radius 1 is 0.448 bits per heavy atom. The molecule has 0 aromatic rings. The monoisotopic (exact) mass is 406 g/mol. The van der Waals surface area contributed by atoms with Crippen LogP contribution in [-0.4, -0.2) is 0 Å². The van der Waals surface area contributed by atoms with Crippen LogP contribution in [-0.2, 0) is 0 Å². The van der Waals surface area contributed by atoms with Crippen LogP contribution in [0.25, 0.3) is 0 Å². The van der Waals surface area contributed by atoms with Gasteiger partial charge in [0.15, 0.2) is 0 Å². The summed E-state index contributed by atoms with van der Waals surface area (Å²) >= 11 is 0. The first-order valence-electron chi connectivity index (χ1n) is 13.9. The van der Waals surface area contributed by atoms with Gasteiger partial charge in [-0.05, 0) is 24.7 Å². The zero-order chi connectivity index (χ0) is 21.4. The molecule has 2 atom stereocenters. The van der Waals surface area contributed by atoms with Crippen molar-refractivity contribution in [1.82, 2.24) is 0 Å². The Kier molecular flexibility index (Phi) is 23.8. The van der Waals surface area contributed by atoms with E-state index in [0.29, 0.717) is 0 Å². The van der Waals surface area contributed by atoms with Gasteiger partial charge < -0.3 is 0 Å². The quantitative estimate of drug-likeness (QED) is 0.117. The predicted molar refractivity (Wildman–Crippen MR) is 136 cm³/mol. The van der Waals surface area contributed by atoms with Crippen LogP contribution in [0, 0.1) is 11.8 Å². The summed E-state index contributed by atoms with van der Waals surface area (Å²) in [6.07, 6.45) is 34.9. The number of unbranched alkanes of at least 4 members (excludes halogenated alkanes) is 14. The summed E-state index contributed by atoms with van der Waals surface area (Å²) in [7, 11) is 0. The van der Waals surface area contributed by atoms with Crippen molar-refractivity contribution in [1.29, 1.82) is 0 Å². The summed E-state index contributed by atoms with van der Waals surface area (Å²) in [4.78, 5) is 0. The third kappa shape index (κ3) is 23.9. The zero-order valence-corrected chi connectivity index (χ0v) is 21.2. The van der Waals surface area contributed by atoms with E-state index in [2.05, 4.69) is 39.8 Å². The third-order valence-electron chi connectivity index (χ3n) is 6.60. The summed E-state index contributed by atoms with van der Waals surface area (Å²) in [5.41, 5.74) is 0. The lowest BCUT2D eigenvalue weighted by Gasteiger charge is -2.11. The van der Waals surface area contributed by atoms with Gasteiger partial charge in [0.05, 0.1) is 0 Å². The molecule has 0 nitrogen and oxygen atoms in total. The molecular formula is C29H58. The molecule has 174 valence electrons. The van der Waals surface area contributed by atoms with Crippen LogP contribution < -0.4 is 0 Å². The van der Waals surface area contributed by atoms with Gasteiger partial charge in [-0.2, -0.15) is 0 Å². The Balaban J connectivity index is 3.26. The molecule has 0 saturated heterocycles. The average molecular weight is 407 g/mol. The van der Waals surface area contributed by atoms with E-state index in [1.807, 2.05) is 0 Å². The fraction of sp³-hybridized carbons (Fsp3) is 0.931. The lowest BCUT2D eigenvalue weighted by Crippen LogP contribution is -1.95. The second kappa shape index (κ2) is 24.0. The van der Waals surface area contributed by atoms with Crippen LogP contribution in [0.3, 0.4) is 0 Å². The zero-order valence-electron chi connectivity index (χ0n) is 21.2. The second-order valence-electron chi connectivity index (χ2n) is 10.0. The van der Waals surface area contributed by atoms with Gasteiger partial charge in [-0.3, -0.25) is 0 Å². The molecule has 0 aromatic heterocycles. The Morgan fingerprint density at radius 2 is 0.862 bits per heavy atom. The van der Waals surface area contributed by atoms with Crippen molar-refractivity contribution in [2.24, 2.45) is 11.8 Å². The average Bonchev–Trinajstić information content (AvgIpc) is 2.72. The van der Waals surface area contributed by atoms with Gasteiger partial charge in [0.1, 0.15) is 0 Å². The summed E-state index contributed by atoms with van der Waals surface area (Å²) in [6, 6.07) is 0. The first-order chi connectivity index (χ1) is 14.2. The van der Waals surface area contributed by atoms with Crippen molar-refractivity contribution in [2.75, 3.05) is 0 Å². The summed E-state index contributed by atoms with van der Waals surface area (Å²) in [5.74, 6) is 1.84. The van der Waals surface area contributed by atoms with Crippen LogP contribution in [0.4, 0.5) is 0 Å². The molecule has 0 heteroatoms. The van der Waals surface area contributed by atoms with Crippen LogP contribution in [0.15, 0.2) is 12.2 Å². The highest BCUT2D eigenvalue weighted by atomic mass is 14.1. The Labute approximate surface area is 186 Å². The lowest BCUT2D eigenvalue weighted by molar-refractivity contribution is 0.428. The molecule has 0 spiro atoms. The first kappa shape index (κ1) is 28.7. The minimum Gasteiger partial charge on any atom is -0.0885 e. The van der Waals surface area contributed by atoms with E-state index in [-0.39, 0.29) is 0 Å². The molecule has 0 saturated carbocycles. The molecule has 0 radical (unpaired) electrons. The molecule has 0 aliphatic carbocycles. The van der Waals surface area contributed by atoms with E-state index in [4.69, 9.17) is 0 Å². The van der Waals surface area contributed by atoms with Crippen molar-refractivity contribution >= 4 is 0 Å². The summed E-state index contributed by atoms with van der Waals surface area (Å²) in [6.45, 7) is 9.47. The van der Waals surface area contributed by atoms with Gasteiger partial charge in [-0.15, -0.1) is 0 Å². The molecule has 29 heavy (non-hydrogen) atoms. The number of hydrogen-bond acceptors (Lipinski definition) is 0. The number of rotatable bonds is 23.